The summed E-state index contributed by atoms with van der Waals surface area (Å²) in [6, 6.07) is 0. The van der Waals surface area contributed by atoms with Gasteiger partial charge in [0.2, 0.25) is 0 Å². The quantitative estimate of drug-likeness (QED) is 0.479. The molecule has 0 amide bonds. The average Bonchev–Trinajstić information content (AvgIpc) is 2.29. The van der Waals surface area contributed by atoms with Crippen LogP contribution in [0, 0.1) is 0 Å². The normalized spacial score (nSPS) is 52.8. The largest absolute Gasteiger partial charge is 0.259 e. The standard InChI is InChI=1S/C6H10OS/c7-8-5-1-2-6(8)4-3-5/h5-6H,1-4H2. The summed E-state index contributed by atoms with van der Waals surface area (Å²) in [6.45, 7) is 0. The fraction of sp³-hybridized carbons (Fsp3) is 1.00. The summed E-state index contributed by atoms with van der Waals surface area (Å²) in [4.78, 5) is 0. The van der Waals surface area contributed by atoms with Gasteiger partial charge >= 0.3 is 0 Å². The van der Waals surface area contributed by atoms with Crippen LogP contribution in [-0.2, 0) is 10.8 Å². The van der Waals surface area contributed by atoms with Crippen LogP contribution < -0.4 is 0 Å². The average molecular weight is 130 g/mol. The molecule has 0 spiro atoms. The van der Waals surface area contributed by atoms with Gasteiger partial charge in [-0.2, -0.15) is 0 Å². The van der Waals surface area contributed by atoms with Crippen LogP contribution in [0.15, 0.2) is 0 Å². The van der Waals surface area contributed by atoms with E-state index in [1.54, 1.807) is 0 Å². The highest BCUT2D eigenvalue weighted by Gasteiger charge is 2.38. The van der Waals surface area contributed by atoms with Crippen molar-refractivity contribution in [1.82, 2.24) is 0 Å². The summed E-state index contributed by atoms with van der Waals surface area (Å²) in [6.07, 6.45) is 4.99. The van der Waals surface area contributed by atoms with Gasteiger partial charge in [-0.15, -0.1) is 0 Å². The second-order valence-electron chi connectivity index (χ2n) is 2.73. The second-order valence-corrected chi connectivity index (χ2v) is 4.72. The third-order valence-electron chi connectivity index (χ3n) is 2.28. The van der Waals surface area contributed by atoms with Crippen LogP contribution >= 0.6 is 0 Å². The Morgan fingerprint density at radius 3 is 1.50 bits per heavy atom. The zero-order chi connectivity index (χ0) is 5.56. The van der Waals surface area contributed by atoms with Crippen LogP contribution in [0.3, 0.4) is 0 Å². The maximum Gasteiger partial charge on any atom is 0.0351 e. The fourth-order valence-corrected chi connectivity index (χ4v) is 3.79. The van der Waals surface area contributed by atoms with E-state index in [9.17, 15) is 4.21 Å². The fourth-order valence-electron chi connectivity index (χ4n) is 1.77. The molecular formula is C6H10OS. The predicted octanol–water partition coefficient (Wildman–Crippen LogP) is 1.06. The van der Waals surface area contributed by atoms with Gasteiger partial charge in [0.15, 0.2) is 0 Å². The highest BCUT2D eigenvalue weighted by molar-refractivity contribution is 7.86. The van der Waals surface area contributed by atoms with Crippen LogP contribution in [0.25, 0.3) is 0 Å². The molecule has 2 bridgehead atoms. The van der Waals surface area contributed by atoms with Gasteiger partial charge in [0.05, 0.1) is 0 Å². The third-order valence-corrected chi connectivity index (χ3v) is 4.54. The Labute approximate surface area is 51.9 Å². The minimum absolute atomic E-state index is 0.401. The number of hydrogen-bond donors (Lipinski definition) is 0. The second kappa shape index (κ2) is 1.56. The first kappa shape index (κ1) is 4.98. The molecule has 0 unspecified atom stereocenters. The van der Waals surface area contributed by atoms with Crippen molar-refractivity contribution < 1.29 is 4.21 Å². The van der Waals surface area contributed by atoms with Crippen LogP contribution in [0.5, 0.6) is 0 Å². The summed E-state index contributed by atoms with van der Waals surface area (Å²) in [5, 5.41) is 1.22. The summed E-state index contributed by atoms with van der Waals surface area (Å²) in [5.41, 5.74) is 0. The Morgan fingerprint density at radius 2 is 1.38 bits per heavy atom. The molecule has 0 atom stereocenters. The topological polar surface area (TPSA) is 17.1 Å². The van der Waals surface area contributed by atoms with Crippen molar-refractivity contribution in [3.05, 3.63) is 0 Å². The molecule has 2 rings (SSSR count). The summed E-state index contributed by atoms with van der Waals surface area (Å²) in [5.74, 6) is 0. The molecule has 1 nitrogen and oxygen atoms in total. The minimum Gasteiger partial charge on any atom is -0.259 e. The molecule has 2 fully saturated rings. The van der Waals surface area contributed by atoms with Gasteiger partial charge in [0.1, 0.15) is 0 Å². The molecule has 0 aromatic heterocycles. The molecule has 2 heteroatoms. The monoisotopic (exact) mass is 130 g/mol. The van der Waals surface area contributed by atoms with Crippen molar-refractivity contribution in [3.8, 4) is 0 Å². The lowest BCUT2D eigenvalue weighted by Gasteiger charge is -2.01. The summed E-state index contributed by atoms with van der Waals surface area (Å²) in [7, 11) is -0.401. The van der Waals surface area contributed by atoms with Gasteiger partial charge in [0.25, 0.3) is 0 Å². The Balaban J connectivity index is 2.28. The molecule has 2 saturated heterocycles. The van der Waals surface area contributed by atoms with E-state index in [4.69, 9.17) is 0 Å². The van der Waals surface area contributed by atoms with Crippen molar-refractivity contribution in [2.24, 2.45) is 0 Å². The molecule has 0 aromatic rings. The predicted molar refractivity (Wildman–Crippen MR) is 34.2 cm³/mol. The van der Waals surface area contributed by atoms with Crippen molar-refractivity contribution in [2.45, 2.75) is 36.2 Å². The number of hydrogen-bond acceptors (Lipinski definition) is 1. The van der Waals surface area contributed by atoms with E-state index in [0.29, 0.717) is 10.5 Å². The van der Waals surface area contributed by atoms with Gasteiger partial charge in [-0.3, -0.25) is 4.21 Å². The van der Waals surface area contributed by atoms with Crippen LogP contribution in [-0.4, -0.2) is 14.7 Å². The Bertz CT molecular complexity index is 110. The molecule has 0 saturated carbocycles. The molecule has 0 aromatic carbocycles. The maximum atomic E-state index is 11.1. The van der Waals surface area contributed by atoms with Crippen molar-refractivity contribution >= 4 is 10.8 Å². The van der Waals surface area contributed by atoms with Crippen molar-refractivity contribution in [1.29, 1.82) is 0 Å². The van der Waals surface area contributed by atoms with E-state index >= 15 is 0 Å². The van der Waals surface area contributed by atoms with Gasteiger partial charge in [-0.1, -0.05) is 0 Å². The van der Waals surface area contributed by atoms with Crippen molar-refractivity contribution in [2.75, 3.05) is 0 Å². The van der Waals surface area contributed by atoms with E-state index < -0.39 is 10.8 Å². The van der Waals surface area contributed by atoms with E-state index in [2.05, 4.69) is 0 Å². The Morgan fingerprint density at radius 1 is 1.00 bits per heavy atom. The zero-order valence-electron chi connectivity index (χ0n) is 4.80. The van der Waals surface area contributed by atoms with Crippen LogP contribution in [0.4, 0.5) is 0 Å². The van der Waals surface area contributed by atoms with E-state index in [1.807, 2.05) is 0 Å². The lowest BCUT2D eigenvalue weighted by atomic mass is 10.0. The van der Waals surface area contributed by atoms with Gasteiger partial charge in [0, 0.05) is 21.3 Å². The molecule has 8 heavy (non-hydrogen) atoms. The number of fused-ring (bicyclic) bond motifs is 2. The molecule has 46 valence electrons. The van der Waals surface area contributed by atoms with Gasteiger partial charge < -0.3 is 0 Å². The number of rotatable bonds is 0. The molecule has 0 radical (unpaired) electrons. The SMILES string of the molecule is O=S1C2CCC1CC2. The highest BCUT2D eigenvalue weighted by Crippen LogP contribution is 2.36. The van der Waals surface area contributed by atoms with Crippen molar-refractivity contribution in [3.63, 3.8) is 0 Å². The Kier molecular flexibility index (Phi) is 0.973. The van der Waals surface area contributed by atoms with Gasteiger partial charge in [-0.25, -0.2) is 0 Å². The van der Waals surface area contributed by atoms with Crippen LogP contribution in [0.2, 0.25) is 0 Å². The first-order valence-corrected chi connectivity index (χ1v) is 4.55. The lowest BCUT2D eigenvalue weighted by molar-refractivity contribution is 0.576. The molecule has 2 heterocycles. The summed E-state index contributed by atoms with van der Waals surface area (Å²) < 4.78 is 11.1. The van der Waals surface area contributed by atoms with Gasteiger partial charge in [-0.05, 0) is 25.7 Å². The molecule has 2 aliphatic rings. The minimum atomic E-state index is -0.401. The highest BCUT2D eigenvalue weighted by atomic mass is 32.2. The first-order valence-electron chi connectivity index (χ1n) is 3.27. The Hall–Kier alpha value is 0.150. The molecule has 0 N–H and O–H groups in total. The molecular weight excluding hydrogens is 120 g/mol. The maximum absolute atomic E-state index is 11.1. The van der Waals surface area contributed by atoms with E-state index in [0.717, 1.165) is 0 Å². The first-order chi connectivity index (χ1) is 3.88. The summed E-state index contributed by atoms with van der Waals surface area (Å²) >= 11 is 0. The van der Waals surface area contributed by atoms with Crippen LogP contribution in [0.1, 0.15) is 25.7 Å². The zero-order valence-corrected chi connectivity index (χ0v) is 5.62. The van der Waals surface area contributed by atoms with E-state index in [-0.39, 0.29) is 0 Å². The lowest BCUT2D eigenvalue weighted by Crippen LogP contribution is -2.01. The van der Waals surface area contributed by atoms with E-state index in [1.165, 1.54) is 25.7 Å². The smallest absolute Gasteiger partial charge is 0.0351 e. The molecule has 2 aliphatic heterocycles. The molecule has 0 aliphatic carbocycles. The third kappa shape index (κ3) is 0.495.